The molecule has 2 aromatic heterocycles. The van der Waals surface area contributed by atoms with Crippen molar-refractivity contribution in [2.24, 2.45) is 0 Å². The predicted molar refractivity (Wildman–Crippen MR) is 69.4 cm³/mol. The van der Waals surface area contributed by atoms with Crippen LogP contribution in [-0.2, 0) is 0 Å². The summed E-state index contributed by atoms with van der Waals surface area (Å²) in [5.41, 5.74) is 1.48. The number of benzene rings is 1. The van der Waals surface area contributed by atoms with Crippen LogP contribution in [0.15, 0.2) is 54.9 Å². The molecular formula is C15H9FN2O. The molecule has 0 aliphatic heterocycles. The molecule has 3 rings (SSSR count). The maximum atomic E-state index is 12.8. The summed E-state index contributed by atoms with van der Waals surface area (Å²) in [5.74, 6) is -0.699. The Bertz CT molecular complexity index is 748. The van der Waals surface area contributed by atoms with E-state index in [1.807, 2.05) is 12.1 Å². The van der Waals surface area contributed by atoms with Crippen molar-refractivity contribution in [2.45, 2.75) is 0 Å². The Kier molecular flexibility index (Phi) is 2.76. The van der Waals surface area contributed by atoms with E-state index >= 15 is 0 Å². The lowest BCUT2D eigenvalue weighted by Gasteiger charge is -2.04. The standard InChI is InChI=1S/C15H9FN2O/c16-10-6-7-14(18-9-10)15(19)12-3-1-5-13-11(12)4-2-8-17-13/h1-9H. The molecule has 0 spiro atoms. The van der Waals surface area contributed by atoms with Crippen LogP contribution in [0.1, 0.15) is 16.1 Å². The Hall–Kier alpha value is -2.62. The van der Waals surface area contributed by atoms with Gasteiger partial charge in [-0.3, -0.25) is 9.78 Å². The highest BCUT2D eigenvalue weighted by Crippen LogP contribution is 2.19. The van der Waals surface area contributed by atoms with Crippen LogP contribution in [0, 0.1) is 5.82 Å². The average molecular weight is 252 g/mol. The molecule has 0 radical (unpaired) electrons. The summed E-state index contributed by atoms with van der Waals surface area (Å²) in [4.78, 5) is 20.4. The first-order valence-corrected chi connectivity index (χ1v) is 5.76. The minimum atomic E-state index is -0.462. The molecule has 0 bridgehead atoms. The van der Waals surface area contributed by atoms with E-state index in [4.69, 9.17) is 0 Å². The monoisotopic (exact) mass is 252 g/mol. The molecule has 0 unspecified atom stereocenters. The molecule has 19 heavy (non-hydrogen) atoms. The summed E-state index contributed by atoms with van der Waals surface area (Å²) in [6.45, 7) is 0. The second-order valence-corrected chi connectivity index (χ2v) is 4.07. The van der Waals surface area contributed by atoms with Gasteiger partial charge in [0.25, 0.3) is 0 Å². The number of rotatable bonds is 2. The van der Waals surface area contributed by atoms with Crippen molar-refractivity contribution in [3.05, 3.63) is 71.9 Å². The van der Waals surface area contributed by atoms with Crippen molar-refractivity contribution in [3.8, 4) is 0 Å². The fourth-order valence-electron chi connectivity index (χ4n) is 1.95. The van der Waals surface area contributed by atoms with Gasteiger partial charge in [0.05, 0.1) is 11.7 Å². The van der Waals surface area contributed by atoms with Gasteiger partial charge < -0.3 is 0 Å². The van der Waals surface area contributed by atoms with Gasteiger partial charge in [-0.2, -0.15) is 0 Å². The third-order valence-corrected chi connectivity index (χ3v) is 2.85. The Morgan fingerprint density at radius 1 is 1.00 bits per heavy atom. The molecular weight excluding hydrogens is 243 g/mol. The average Bonchev–Trinajstić information content (AvgIpc) is 2.47. The molecule has 0 amide bonds. The Labute approximate surface area is 108 Å². The number of fused-ring (bicyclic) bond motifs is 1. The van der Waals surface area contributed by atoms with Crippen LogP contribution in [0.3, 0.4) is 0 Å². The van der Waals surface area contributed by atoms with Crippen LogP contribution in [0.2, 0.25) is 0 Å². The summed E-state index contributed by atoms with van der Waals surface area (Å²) in [6.07, 6.45) is 2.71. The lowest BCUT2D eigenvalue weighted by molar-refractivity contribution is 0.103. The molecule has 0 atom stereocenters. The first kappa shape index (κ1) is 11.5. The number of pyridine rings is 2. The van der Waals surface area contributed by atoms with Crippen molar-refractivity contribution in [1.29, 1.82) is 0 Å². The molecule has 0 saturated heterocycles. The third-order valence-electron chi connectivity index (χ3n) is 2.85. The molecule has 1 aromatic carbocycles. The fraction of sp³-hybridized carbons (Fsp3) is 0. The summed E-state index contributed by atoms with van der Waals surface area (Å²) in [7, 11) is 0. The highest BCUT2D eigenvalue weighted by Gasteiger charge is 2.13. The topological polar surface area (TPSA) is 42.9 Å². The zero-order valence-corrected chi connectivity index (χ0v) is 9.88. The largest absolute Gasteiger partial charge is 0.287 e. The molecule has 2 heterocycles. The van der Waals surface area contributed by atoms with E-state index in [9.17, 15) is 9.18 Å². The number of ketones is 1. The number of nitrogens with zero attached hydrogens (tertiary/aromatic N) is 2. The van der Waals surface area contributed by atoms with Crippen LogP contribution in [-0.4, -0.2) is 15.8 Å². The zero-order valence-electron chi connectivity index (χ0n) is 9.88. The van der Waals surface area contributed by atoms with E-state index in [2.05, 4.69) is 9.97 Å². The first-order valence-electron chi connectivity index (χ1n) is 5.76. The van der Waals surface area contributed by atoms with Crippen molar-refractivity contribution >= 4 is 16.7 Å². The van der Waals surface area contributed by atoms with Crippen LogP contribution >= 0.6 is 0 Å². The maximum absolute atomic E-state index is 12.8. The molecule has 3 aromatic rings. The van der Waals surface area contributed by atoms with Gasteiger partial charge in [0.1, 0.15) is 11.5 Å². The van der Waals surface area contributed by atoms with Gasteiger partial charge in [-0.1, -0.05) is 18.2 Å². The second-order valence-electron chi connectivity index (χ2n) is 4.07. The zero-order chi connectivity index (χ0) is 13.2. The molecule has 0 fully saturated rings. The first-order chi connectivity index (χ1) is 9.25. The van der Waals surface area contributed by atoms with Crippen molar-refractivity contribution in [1.82, 2.24) is 9.97 Å². The van der Waals surface area contributed by atoms with Gasteiger partial charge in [-0.25, -0.2) is 9.37 Å². The van der Waals surface area contributed by atoms with Gasteiger partial charge in [-0.15, -0.1) is 0 Å². The molecule has 0 N–H and O–H groups in total. The van der Waals surface area contributed by atoms with Crippen LogP contribution < -0.4 is 0 Å². The van der Waals surface area contributed by atoms with E-state index < -0.39 is 5.82 Å². The smallest absolute Gasteiger partial charge is 0.212 e. The van der Waals surface area contributed by atoms with Crippen molar-refractivity contribution in [2.75, 3.05) is 0 Å². The third kappa shape index (κ3) is 2.08. The lowest BCUT2D eigenvalue weighted by atomic mass is 10.0. The summed E-state index contributed by atoms with van der Waals surface area (Å²) < 4.78 is 12.8. The number of aromatic nitrogens is 2. The SMILES string of the molecule is O=C(c1ccc(F)cn1)c1cccc2ncccc12. The van der Waals surface area contributed by atoms with Crippen molar-refractivity contribution in [3.63, 3.8) is 0 Å². The predicted octanol–water partition coefficient (Wildman–Crippen LogP) is 3.00. The molecule has 92 valence electrons. The van der Waals surface area contributed by atoms with E-state index in [0.717, 1.165) is 17.1 Å². The molecule has 4 heteroatoms. The molecule has 0 aliphatic rings. The number of halogens is 1. The highest BCUT2D eigenvalue weighted by molar-refractivity contribution is 6.15. The van der Waals surface area contributed by atoms with Crippen molar-refractivity contribution < 1.29 is 9.18 Å². The number of hydrogen-bond donors (Lipinski definition) is 0. The Morgan fingerprint density at radius 3 is 2.68 bits per heavy atom. The van der Waals surface area contributed by atoms with E-state index in [-0.39, 0.29) is 11.5 Å². The Balaban J connectivity index is 2.14. The second kappa shape index (κ2) is 4.57. The minimum absolute atomic E-state index is 0.220. The Morgan fingerprint density at radius 2 is 1.89 bits per heavy atom. The van der Waals surface area contributed by atoms with E-state index in [1.54, 1.807) is 24.4 Å². The highest BCUT2D eigenvalue weighted by atomic mass is 19.1. The lowest BCUT2D eigenvalue weighted by Crippen LogP contribution is -2.05. The normalized spacial score (nSPS) is 10.6. The van der Waals surface area contributed by atoms with Crippen LogP contribution in [0.5, 0.6) is 0 Å². The van der Waals surface area contributed by atoms with Gasteiger partial charge >= 0.3 is 0 Å². The maximum Gasteiger partial charge on any atom is 0.212 e. The minimum Gasteiger partial charge on any atom is -0.287 e. The van der Waals surface area contributed by atoms with Gasteiger partial charge in [0.2, 0.25) is 5.78 Å². The molecule has 0 saturated carbocycles. The van der Waals surface area contributed by atoms with E-state index in [1.165, 1.54) is 12.1 Å². The molecule has 3 nitrogen and oxygen atoms in total. The summed E-state index contributed by atoms with van der Waals surface area (Å²) in [6, 6.07) is 11.5. The fourth-order valence-corrected chi connectivity index (χ4v) is 1.95. The summed E-state index contributed by atoms with van der Waals surface area (Å²) >= 11 is 0. The quantitative estimate of drug-likeness (QED) is 0.658. The van der Waals surface area contributed by atoms with Gasteiger partial charge in [0, 0.05) is 17.1 Å². The van der Waals surface area contributed by atoms with Crippen LogP contribution in [0.25, 0.3) is 10.9 Å². The number of hydrogen-bond acceptors (Lipinski definition) is 3. The van der Waals surface area contributed by atoms with Crippen LogP contribution in [0.4, 0.5) is 4.39 Å². The number of carbonyl (C=O) groups is 1. The van der Waals surface area contributed by atoms with Gasteiger partial charge in [-0.05, 0) is 24.3 Å². The molecule has 0 aliphatic carbocycles. The number of carbonyl (C=O) groups excluding carboxylic acids is 1. The summed E-state index contributed by atoms with van der Waals surface area (Å²) in [5, 5.41) is 0.765. The van der Waals surface area contributed by atoms with Gasteiger partial charge in [0.15, 0.2) is 0 Å². The van der Waals surface area contributed by atoms with E-state index in [0.29, 0.717) is 5.56 Å².